The number of fused-ring (bicyclic) bond motifs is 3. The number of methoxy groups -OCH3 is 1. The molecule has 1 heterocycles. The average molecular weight is 259 g/mol. The lowest BCUT2D eigenvalue weighted by Gasteiger charge is -2.45. The van der Waals surface area contributed by atoms with Crippen molar-refractivity contribution >= 4 is 11.9 Å². The van der Waals surface area contributed by atoms with E-state index in [2.05, 4.69) is 5.32 Å². The molecule has 0 spiro atoms. The molecule has 1 N–H and O–H groups in total. The molecule has 0 aromatic heterocycles. The van der Waals surface area contributed by atoms with Crippen molar-refractivity contribution in [2.75, 3.05) is 7.11 Å². The lowest BCUT2D eigenvalue weighted by molar-refractivity contribution is -0.162. The van der Waals surface area contributed by atoms with E-state index < -0.39 is 11.0 Å². The first-order valence-corrected chi connectivity index (χ1v) is 6.51. The first-order chi connectivity index (χ1) is 9.03. The third-order valence-electron chi connectivity index (χ3n) is 4.75. The van der Waals surface area contributed by atoms with Gasteiger partial charge in [-0.1, -0.05) is 24.3 Å². The van der Waals surface area contributed by atoms with Gasteiger partial charge in [-0.2, -0.15) is 0 Å². The third-order valence-corrected chi connectivity index (χ3v) is 4.75. The van der Waals surface area contributed by atoms with Crippen molar-refractivity contribution in [2.24, 2.45) is 5.41 Å². The van der Waals surface area contributed by atoms with Crippen LogP contribution in [0.1, 0.15) is 30.9 Å². The molecule has 100 valence electrons. The summed E-state index contributed by atoms with van der Waals surface area (Å²) in [5, 5.41) is 3.03. The standard InChI is InChI=1S/C15H17NO3/c1-14-11-6-4-3-5-10(11)9-15(14,13(18)19-2)8-7-12(17)16-14/h3-6H,7-9H2,1-2H3,(H,16,17)/t14-,15+/m1/s1. The van der Waals surface area contributed by atoms with E-state index in [1.807, 2.05) is 31.2 Å². The minimum absolute atomic E-state index is 0.00117. The molecule has 1 saturated heterocycles. The molecule has 1 aromatic rings. The molecule has 1 aromatic carbocycles. The zero-order valence-corrected chi connectivity index (χ0v) is 11.2. The lowest BCUT2D eigenvalue weighted by atomic mass is 9.65. The number of hydrogen-bond donors (Lipinski definition) is 1. The van der Waals surface area contributed by atoms with Gasteiger partial charge in [0.15, 0.2) is 0 Å². The molecule has 3 rings (SSSR count). The summed E-state index contributed by atoms with van der Waals surface area (Å²) in [7, 11) is 1.41. The van der Waals surface area contributed by atoms with Crippen molar-refractivity contribution in [3.8, 4) is 0 Å². The maximum absolute atomic E-state index is 12.4. The SMILES string of the molecule is COC(=O)[C@@]12CCC(=O)N[C@]1(C)c1ccccc1C2. The molecule has 1 aliphatic heterocycles. The summed E-state index contributed by atoms with van der Waals surface area (Å²) in [6, 6.07) is 7.92. The van der Waals surface area contributed by atoms with Crippen molar-refractivity contribution in [3.63, 3.8) is 0 Å². The Kier molecular flexibility index (Phi) is 2.46. The second-order valence-corrected chi connectivity index (χ2v) is 5.58. The second-order valence-electron chi connectivity index (χ2n) is 5.58. The van der Waals surface area contributed by atoms with Crippen molar-refractivity contribution in [3.05, 3.63) is 35.4 Å². The van der Waals surface area contributed by atoms with Gasteiger partial charge in [-0.25, -0.2) is 0 Å². The molecular weight excluding hydrogens is 242 g/mol. The summed E-state index contributed by atoms with van der Waals surface area (Å²) < 4.78 is 5.04. The predicted octanol–water partition coefficient (Wildman–Crippen LogP) is 1.53. The van der Waals surface area contributed by atoms with Crippen LogP contribution in [0.4, 0.5) is 0 Å². The molecule has 4 nitrogen and oxygen atoms in total. The Morgan fingerprint density at radius 3 is 2.84 bits per heavy atom. The highest BCUT2D eigenvalue weighted by Crippen LogP contribution is 2.55. The molecule has 0 bridgehead atoms. The molecule has 2 aliphatic rings. The van der Waals surface area contributed by atoms with Crippen LogP contribution in [0.3, 0.4) is 0 Å². The van der Waals surface area contributed by atoms with Gasteiger partial charge in [0.25, 0.3) is 0 Å². The van der Waals surface area contributed by atoms with E-state index in [0.717, 1.165) is 11.1 Å². The van der Waals surface area contributed by atoms with Gasteiger partial charge in [0.1, 0.15) is 0 Å². The first kappa shape index (κ1) is 12.2. The fraction of sp³-hybridized carbons (Fsp3) is 0.467. The Morgan fingerprint density at radius 2 is 2.11 bits per heavy atom. The van der Waals surface area contributed by atoms with Gasteiger partial charge in [0.05, 0.1) is 18.1 Å². The highest BCUT2D eigenvalue weighted by atomic mass is 16.5. The van der Waals surface area contributed by atoms with E-state index in [4.69, 9.17) is 4.74 Å². The highest BCUT2D eigenvalue weighted by molar-refractivity contribution is 5.88. The molecular formula is C15H17NO3. The van der Waals surface area contributed by atoms with Crippen molar-refractivity contribution in [1.29, 1.82) is 0 Å². The van der Waals surface area contributed by atoms with Crippen molar-refractivity contribution in [2.45, 2.75) is 31.7 Å². The van der Waals surface area contributed by atoms with Gasteiger partial charge in [-0.3, -0.25) is 9.59 Å². The van der Waals surface area contributed by atoms with Crippen LogP contribution in [0.5, 0.6) is 0 Å². The normalized spacial score (nSPS) is 32.2. The zero-order valence-electron chi connectivity index (χ0n) is 11.2. The van der Waals surface area contributed by atoms with Crippen LogP contribution in [0.2, 0.25) is 0 Å². The van der Waals surface area contributed by atoms with Crippen LogP contribution in [-0.4, -0.2) is 19.0 Å². The maximum Gasteiger partial charge on any atom is 0.314 e. The quantitative estimate of drug-likeness (QED) is 0.778. The van der Waals surface area contributed by atoms with Crippen LogP contribution >= 0.6 is 0 Å². The Labute approximate surface area is 112 Å². The molecule has 19 heavy (non-hydrogen) atoms. The molecule has 0 radical (unpaired) electrons. The number of hydrogen-bond acceptors (Lipinski definition) is 3. The fourth-order valence-electron chi connectivity index (χ4n) is 3.69. The van der Waals surface area contributed by atoms with E-state index in [0.29, 0.717) is 19.3 Å². The summed E-state index contributed by atoms with van der Waals surface area (Å²) in [5.41, 5.74) is 0.830. The van der Waals surface area contributed by atoms with Gasteiger partial charge >= 0.3 is 5.97 Å². The van der Waals surface area contributed by atoms with E-state index in [1.165, 1.54) is 7.11 Å². The number of esters is 1. The Hall–Kier alpha value is -1.84. The molecule has 2 atom stereocenters. The minimum atomic E-state index is -0.667. The van der Waals surface area contributed by atoms with Gasteiger partial charge < -0.3 is 10.1 Å². The summed E-state index contributed by atoms with van der Waals surface area (Å²) in [4.78, 5) is 24.2. The smallest absolute Gasteiger partial charge is 0.314 e. The average Bonchev–Trinajstić information content (AvgIpc) is 2.67. The van der Waals surface area contributed by atoms with Gasteiger partial charge in [-0.15, -0.1) is 0 Å². The molecule has 0 saturated carbocycles. The van der Waals surface area contributed by atoms with Crippen molar-refractivity contribution < 1.29 is 14.3 Å². The molecule has 1 amide bonds. The Bertz CT molecular complexity index is 568. The lowest BCUT2D eigenvalue weighted by Crippen LogP contribution is -2.60. The number of piperidine rings is 1. The number of carbonyl (C=O) groups excluding carboxylic acids is 2. The fourth-order valence-corrected chi connectivity index (χ4v) is 3.69. The van der Waals surface area contributed by atoms with E-state index in [-0.39, 0.29) is 11.9 Å². The summed E-state index contributed by atoms with van der Waals surface area (Å²) in [6.07, 6.45) is 1.54. The van der Waals surface area contributed by atoms with Gasteiger partial charge in [0.2, 0.25) is 5.91 Å². The number of carbonyl (C=O) groups is 2. The molecule has 0 unspecified atom stereocenters. The van der Waals surface area contributed by atoms with Gasteiger partial charge in [-0.05, 0) is 30.9 Å². The molecule has 1 aliphatic carbocycles. The molecule has 4 heteroatoms. The van der Waals surface area contributed by atoms with Gasteiger partial charge in [0, 0.05) is 6.42 Å². The monoisotopic (exact) mass is 259 g/mol. The van der Waals surface area contributed by atoms with E-state index >= 15 is 0 Å². The van der Waals surface area contributed by atoms with E-state index in [1.54, 1.807) is 0 Å². The van der Waals surface area contributed by atoms with Crippen LogP contribution in [-0.2, 0) is 26.3 Å². The number of nitrogens with one attached hydrogen (secondary N) is 1. The maximum atomic E-state index is 12.4. The second kappa shape index (κ2) is 3.83. The number of rotatable bonds is 1. The largest absolute Gasteiger partial charge is 0.469 e. The van der Waals surface area contributed by atoms with Crippen LogP contribution in [0.25, 0.3) is 0 Å². The number of ether oxygens (including phenoxy) is 1. The first-order valence-electron chi connectivity index (χ1n) is 6.51. The van der Waals surface area contributed by atoms with Crippen LogP contribution < -0.4 is 5.32 Å². The topological polar surface area (TPSA) is 55.4 Å². The Balaban J connectivity index is 2.20. The highest BCUT2D eigenvalue weighted by Gasteiger charge is 2.62. The third kappa shape index (κ3) is 1.40. The van der Waals surface area contributed by atoms with Crippen molar-refractivity contribution in [1.82, 2.24) is 5.32 Å². The minimum Gasteiger partial charge on any atom is -0.469 e. The van der Waals surface area contributed by atoms with Crippen LogP contribution in [0, 0.1) is 5.41 Å². The summed E-state index contributed by atoms with van der Waals surface area (Å²) in [6.45, 7) is 1.94. The summed E-state index contributed by atoms with van der Waals surface area (Å²) in [5.74, 6) is -0.232. The van der Waals surface area contributed by atoms with Crippen LogP contribution in [0.15, 0.2) is 24.3 Å². The predicted molar refractivity (Wildman–Crippen MR) is 69.3 cm³/mol. The van der Waals surface area contributed by atoms with E-state index in [9.17, 15) is 9.59 Å². The number of amides is 1. The Morgan fingerprint density at radius 1 is 1.37 bits per heavy atom. The zero-order chi connectivity index (χ0) is 13.7. The number of benzene rings is 1. The molecule has 1 fully saturated rings. The summed E-state index contributed by atoms with van der Waals surface area (Å²) >= 11 is 0.